The number of hydrogen-bond acceptors (Lipinski definition) is 5. The molecule has 34 heavy (non-hydrogen) atoms. The summed E-state index contributed by atoms with van der Waals surface area (Å²) in [5.41, 5.74) is 1.66. The average Bonchev–Trinajstić information content (AvgIpc) is 3.54. The third kappa shape index (κ3) is 3.71. The highest BCUT2D eigenvalue weighted by molar-refractivity contribution is 5.88. The number of benzene rings is 1. The Bertz CT molecular complexity index is 1360. The van der Waals surface area contributed by atoms with Crippen LogP contribution in [0, 0.1) is 6.92 Å². The van der Waals surface area contributed by atoms with E-state index in [1.54, 1.807) is 11.6 Å². The predicted molar refractivity (Wildman–Crippen MR) is 131 cm³/mol. The van der Waals surface area contributed by atoms with Crippen LogP contribution in [0.25, 0.3) is 22.4 Å². The van der Waals surface area contributed by atoms with Gasteiger partial charge in [0.1, 0.15) is 16.9 Å². The van der Waals surface area contributed by atoms with Gasteiger partial charge in [-0.3, -0.25) is 9.59 Å². The zero-order valence-corrected chi connectivity index (χ0v) is 19.8. The maximum atomic E-state index is 13.8. The number of carbonyl (C=O) groups excluding carboxylic acids is 1. The quantitative estimate of drug-likeness (QED) is 0.458. The third-order valence-corrected chi connectivity index (χ3v) is 6.59. The van der Waals surface area contributed by atoms with Gasteiger partial charge in [0.25, 0.3) is 5.56 Å². The fourth-order valence-corrected chi connectivity index (χ4v) is 4.61. The fraction of sp³-hybridized carbons (Fsp3) is 0.360. The molecule has 3 aromatic heterocycles. The van der Waals surface area contributed by atoms with Crippen molar-refractivity contribution in [1.29, 1.82) is 0 Å². The van der Waals surface area contributed by atoms with E-state index in [-0.39, 0.29) is 11.5 Å². The topological polar surface area (TPSA) is 81.2 Å². The highest BCUT2D eigenvalue weighted by atomic mass is 16.2. The lowest BCUT2D eigenvalue weighted by atomic mass is 10.2. The van der Waals surface area contributed by atoms with Gasteiger partial charge in [0.05, 0.1) is 11.4 Å². The van der Waals surface area contributed by atoms with Crippen molar-refractivity contribution in [2.24, 2.45) is 0 Å². The summed E-state index contributed by atoms with van der Waals surface area (Å²) in [5, 5.41) is 9.76. The number of rotatable bonds is 5. The first kappa shape index (κ1) is 22.1. The fourth-order valence-electron chi connectivity index (χ4n) is 4.61. The van der Waals surface area contributed by atoms with Crippen molar-refractivity contribution in [2.45, 2.75) is 26.8 Å². The summed E-state index contributed by atoms with van der Waals surface area (Å²) in [6.45, 7) is 9.69. The number of nitrogens with zero attached hydrogens (tertiary/aromatic N) is 7. The number of para-hydroxylation sites is 1. The maximum absolute atomic E-state index is 13.8. The molecule has 1 saturated heterocycles. The monoisotopic (exact) mass is 459 g/mol. The molecule has 1 amide bonds. The second kappa shape index (κ2) is 8.90. The molecule has 1 atom stereocenters. The molecular weight excluding hydrogens is 430 g/mol. The molecule has 9 heteroatoms. The number of likely N-dealkylation sites (N-methyl/N-ethyl adjacent to an activating group) is 1. The van der Waals surface area contributed by atoms with Crippen LogP contribution in [0.15, 0.2) is 59.7 Å². The molecule has 4 heterocycles. The molecule has 1 aliphatic rings. The van der Waals surface area contributed by atoms with Crippen LogP contribution < -0.4 is 5.56 Å². The van der Waals surface area contributed by atoms with E-state index in [1.165, 1.54) is 4.68 Å². The summed E-state index contributed by atoms with van der Waals surface area (Å²) >= 11 is 0. The van der Waals surface area contributed by atoms with Gasteiger partial charge in [0.2, 0.25) is 5.91 Å². The van der Waals surface area contributed by atoms with Crippen LogP contribution in [0.3, 0.4) is 0 Å². The van der Waals surface area contributed by atoms with Crippen LogP contribution in [0.2, 0.25) is 0 Å². The zero-order valence-electron chi connectivity index (χ0n) is 19.8. The summed E-state index contributed by atoms with van der Waals surface area (Å²) in [6, 6.07) is 12.8. The first-order valence-electron chi connectivity index (χ1n) is 11.7. The van der Waals surface area contributed by atoms with Crippen LogP contribution in [-0.2, 0) is 4.79 Å². The van der Waals surface area contributed by atoms with E-state index in [0.717, 1.165) is 25.3 Å². The van der Waals surface area contributed by atoms with Gasteiger partial charge in [-0.05, 0) is 44.7 Å². The van der Waals surface area contributed by atoms with Gasteiger partial charge in [0.15, 0.2) is 5.82 Å². The second-order valence-corrected chi connectivity index (χ2v) is 8.66. The van der Waals surface area contributed by atoms with E-state index >= 15 is 0 Å². The molecule has 9 nitrogen and oxygen atoms in total. The Morgan fingerprint density at radius 1 is 1.00 bits per heavy atom. The molecule has 176 valence electrons. The molecule has 1 unspecified atom stereocenters. The summed E-state index contributed by atoms with van der Waals surface area (Å²) in [7, 11) is 0. The minimum atomic E-state index is -0.707. The Hall–Kier alpha value is -3.72. The van der Waals surface area contributed by atoms with Crippen LogP contribution in [0.5, 0.6) is 0 Å². The van der Waals surface area contributed by atoms with Crippen LogP contribution in [-0.4, -0.2) is 72.6 Å². The molecule has 0 spiro atoms. The van der Waals surface area contributed by atoms with E-state index in [2.05, 4.69) is 16.9 Å². The summed E-state index contributed by atoms with van der Waals surface area (Å²) < 4.78 is 4.97. The van der Waals surface area contributed by atoms with E-state index < -0.39 is 6.04 Å². The first-order valence-corrected chi connectivity index (χ1v) is 11.7. The number of aromatic nitrogens is 5. The van der Waals surface area contributed by atoms with Crippen molar-refractivity contribution < 1.29 is 4.79 Å². The smallest absolute Gasteiger partial charge is 0.280 e. The first-order chi connectivity index (χ1) is 16.5. The summed E-state index contributed by atoms with van der Waals surface area (Å²) in [6.07, 6.45) is 3.77. The Labute approximate surface area is 197 Å². The molecule has 1 fully saturated rings. The number of fused-ring (bicyclic) bond motifs is 1. The SMILES string of the molecule is CCN1CCN(C(=O)C(C)n2nc(C)c3nn(-c4ccccc4)c(-n4cccc4)c3c2=O)CC1. The van der Waals surface area contributed by atoms with Gasteiger partial charge >= 0.3 is 0 Å². The van der Waals surface area contributed by atoms with Gasteiger partial charge in [-0.2, -0.15) is 10.2 Å². The van der Waals surface area contributed by atoms with Crippen molar-refractivity contribution in [3.05, 3.63) is 70.9 Å². The van der Waals surface area contributed by atoms with Crippen molar-refractivity contribution in [2.75, 3.05) is 32.7 Å². The lowest BCUT2D eigenvalue weighted by Gasteiger charge is -2.35. The van der Waals surface area contributed by atoms with Crippen LogP contribution in [0.4, 0.5) is 0 Å². The average molecular weight is 460 g/mol. The minimum Gasteiger partial charge on any atom is -0.338 e. The normalized spacial score (nSPS) is 15.7. The van der Waals surface area contributed by atoms with Gasteiger partial charge in [-0.15, -0.1) is 0 Å². The Kier molecular flexibility index (Phi) is 5.79. The molecular formula is C25H29N7O2. The van der Waals surface area contributed by atoms with Crippen molar-refractivity contribution in [3.63, 3.8) is 0 Å². The largest absolute Gasteiger partial charge is 0.338 e. The molecule has 0 radical (unpaired) electrons. The highest BCUT2D eigenvalue weighted by Gasteiger charge is 2.29. The lowest BCUT2D eigenvalue weighted by molar-refractivity contribution is -0.136. The summed E-state index contributed by atoms with van der Waals surface area (Å²) in [5.74, 6) is 0.550. The van der Waals surface area contributed by atoms with E-state index in [9.17, 15) is 9.59 Å². The molecule has 0 bridgehead atoms. The van der Waals surface area contributed by atoms with Crippen LogP contribution >= 0.6 is 0 Å². The van der Waals surface area contributed by atoms with E-state index in [0.29, 0.717) is 35.5 Å². The molecule has 1 aliphatic heterocycles. The number of carbonyl (C=O) groups is 1. The van der Waals surface area contributed by atoms with Crippen molar-refractivity contribution in [3.8, 4) is 11.5 Å². The molecule has 0 aliphatic carbocycles. The Balaban J connectivity index is 1.63. The number of piperazine rings is 1. The molecule has 1 aromatic carbocycles. The van der Waals surface area contributed by atoms with Gasteiger partial charge in [-0.25, -0.2) is 9.36 Å². The standard InChI is InChI=1S/C25H29N7O2/c1-4-28-14-16-30(17-15-28)24(33)19(3)31-25(34)21-22(18(2)26-31)27-32(20-10-6-5-7-11-20)23(21)29-12-8-9-13-29/h5-13,19H,4,14-17H2,1-3H3. The molecule has 0 N–H and O–H groups in total. The number of amides is 1. The van der Waals surface area contributed by atoms with Gasteiger partial charge in [-0.1, -0.05) is 25.1 Å². The number of aryl methyl sites for hydroxylation is 1. The number of hydrogen-bond donors (Lipinski definition) is 0. The van der Waals surface area contributed by atoms with E-state index in [1.807, 2.05) is 71.2 Å². The Morgan fingerprint density at radius 2 is 1.68 bits per heavy atom. The summed E-state index contributed by atoms with van der Waals surface area (Å²) in [4.78, 5) is 31.3. The van der Waals surface area contributed by atoms with E-state index in [4.69, 9.17) is 5.10 Å². The molecule has 4 aromatic rings. The van der Waals surface area contributed by atoms with Crippen LogP contribution in [0.1, 0.15) is 25.6 Å². The van der Waals surface area contributed by atoms with Gasteiger partial charge < -0.3 is 14.4 Å². The molecule has 5 rings (SSSR count). The predicted octanol–water partition coefficient (Wildman–Crippen LogP) is 2.41. The second-order valence-electron chi connectivity index (χ2n) is 8.66. The van der Waals surface area contributed by atoms with Crippen molar-refractivity contribution in [1.82, 2.24) is 33.9 Å². The highest BCUT2D eigenvalue weighted by Crippen LogP contribution is 2.25. The van der Waals surface area contributed by atoms with Gasteiger partial charge in [0, 0.05) is 38.6 Å². The lowest BCUT2D eigenvalue weighted by Crippen LogP contribution is -2.51. The Morgan fingerprint density at radius 3 is 2.32 bits per heavy atom. The third-order valence-electron chi connectivity index (χ3n) is 6.59. The van der Waals surface area contributed by atoms with Crippen molar-refractivity contribution >= 4 is 16.8 Å². The molecule has 0 saturated carbocycles. The zero-order chi connectivity index (χ0) is 23.8. The maximum Gasteiger partial charge on any atom is 0.280 e. The minimum absolute atomic E-state index is 0.0814.